The summed E-state index contributed by atoms with van der Waals surface area (Å²) in [6.45, 7) is 4.23. The molecule has 3 nitrogen and oxygen atoms in total. The maximum atomic E-state index is 9.55. The van der Waals surface area contributed by atoms with Gasteiger partial charge in [-0.2, -0.15) is 0 Å². The minimum atomic E-state index is -0.457. The molecule has 0 aliphatic carbocycles. The Labute approximate surface area is 119 Å². The molecule has 0 heterocycles. The van der Waals surface area contributed by atoms with Gasteiger partial charge in [-0.15, -0.1) is 0 Å². The molecule has 2 aromatic rings. The molecule has 0 radical (unpaired) electrons. The molecule has 0 amide bonds. The molecule has 0 aromatic heterocycles. The first-order valence-electron chi connectivity index (χ1n) is 6.64. The van der Waals surface area contributed by atoms with Crippen LogP contribution in [-0.2, 0) is 6.61 Å². The number of hydrogen-bond acceptors (Lipinski definition) is 3. The molecule has 2 rings (SSSR count). The van der Waals surface area contributed by atoms with E-state index in [4.69, 9.17) is 9.47 Å². The summed E-state index contributed by atoms with van der Waals surface area (Å²) in [5, 5.41) is 9.55. The normalized spacial score (nSPS) is 12.0. The van der Waals surface area contributed by atoms with Gasteiger partial charge in [-0.25, -0.2) is 0 Å². The Morgan fingerprint density at radius 2 is 1.95 bits per heavy atom. The number of aryl methyl sites for hydroxylation is 1. The number of hydrogen-bond donors (Lipinski definition) is 1. The average Bonchev–Trinajstić information content (AvgIpc) is 2.46. The van der Waals surface area contributed by atoms with Crippen LogP contribution in [0.3, 0.4) is 0 Å². The third kappa shape index (κ3) is 3.52. The van der Waals surface area contributed by atoms with Gasteiger partial charge >= 0.3 is 0 Å². The highest BCUT2D eigenvalue weighted by molar-refractivity contribution is 5.37. The first-order valence-corrected chi connectivity index (χ1v) is 6.64. The first kappa shape index (κ1) is 14.4. The van der Waals surface area contributed by atoms with Crippen LogP contribution in [0.25, 0.3) is 0 Å². The third-order valence-corrected chi connectivity index (χ3v) is 3.21. The minimum absolute atomic E-state index is 0.457. The molecule has 106 valence electrons. The van der Waals surface area contributed by atoms with Crippen LogP contribution >= 0.6 is 0 Å². The van der Waals surface area contributed by atoms with Crippen molar-refractivity contribution < 1.29 is 14.6 Å². The summed E-state index contributed by atoms with van der Waals surface area (Å²) < 4.78 is 11.0. The number of aliphatic hydroxyl groups excluding tert-OH is 1. The summed E-state index contributed by atoms with van der Waals surface area (Å²) in [5.41, 5.74) is 2.98. The second-order valence-electron chi connectivity index (χ2n) is 4.84. The van der Waals surface area contributed by atoms with E-state index in [0.717, 1.165) is 28.2 Å². The maximum Gasteiger partial charge on any atom is 0.122 e. The van der Waals surface area contributed by atoms with E-state index in [0.29, 0.717) is 6.61 Å². The van der Waals surface area contributed by atoms with E-state index in [1.807, 2.05) is 49.4 Å². The van der Waals surface area contributed by atoms with E-state index < -0.39 is 6.10 Å². The Balaban J connectivity index is 2.07. The van der Waals surface area contributed by atoms with Gasteiger partial charge in [0.1, 0.15) is 18.1 Å². The zero-order valence-corrected chi connectivity index (χ0v) is 12.1. The van der Waals surface area contributed by atoms with Gasteiger partial charge in [0.05, 0.1) is 13.2 Å². The lowest BCUT2D eigenvalue weighted by atomic mass is 10.1. The fourth-order valence-corrected chi connectivity index (χ4v) is 2.02. The van der Waals surface area contributed by atoms with Crippen molar-refractivity contribution >= 4 is 0 Å². The highest BCUT2D eigenvalue weighted by Gasteiger charge is 2.05. The quantitative estimate of drug-likeness (QED) is 0.903. The molecule has 2 aromatic carbocycles. The van der Waals surface area contributed by atoms with Crippen LogP contribution in [0.4, 0.5) is 0 Å². The highest BCUT2D eigenvalue weighted by Crippen LogP contribution is 2.24. The van der Waals surface area contributed by atoms with Crippen LogP contribution in [0.1, 0.15) is 29.7 Å². The van der Waals surface area contributed by atoms with Gasteiger partial charge in [0.25, 0.3) is 0 Å². The van der Waals surface area contributed by atoms with E-state index in [2.05, 4.69) is 0 Å². The Hall–Kier alpha value is -2.00. The van der Waals surface area contributed by atoms with Crippen LogP contribution in [0, 0.1) is 6.92 Å². The van der Waals surface area contributed by atoms with Crippen LogP contribution in [0.15, 0.2) is 42.5 Å². The molecule has 1 atom stereocenters. The standard InChI is InChI=1S/C17H20O3/c1-12-9-15(13(2)18)7-8-17(12)20-11-14-5-4-6-16(10-14)19-3/h4-10,13,18H,11H2,1-3H3/t13-/m1/s1. The number of ether oxygens (including phenoxy) is 2. The van der Waals surface area contributed by atoms with Crippen molar-refractivity contribution in [3.05, 3.63) is 59.2 Å². The molecule has 0 saturated heterocycles. The van der Waals surface area contributed by atoms with Gasteiger partial charge in [-0.05, 0) is 54.8 Å². The van der Waals surface area contributed by atoms with Gasteiger partial charge in [-0.3, -0.25) is 0 Å². The van der Waals surface area contributed by atoms with Gasteiger partial charge in [0.15, 0.2) is 0 Å². The summed E-state index contributed by atoms with van der Waals surface area (Å²) in [6, 6.07) is 13.6. The van der Waals surface area contributed by atoms with Crippen molar-refractivity contribution in [2.45, 2.75) is 26.6 Å². The van der Waals surface area contributed by atoms with Gasteiger partial charge in [0.2, 0.25) is 0 Å². The Bertz CT molecular complexity index is 576. The molecule has 20 heavy (non-hydrogen) atoms. The number of aliphatic hydroxyl groups is 1. The number of methoxy groups -OCH3 is 1. The third-order valence-electron chi connectivity index (χ3n) is 3.21. The number of rotatable bonds is 5. The van der Waals surface area contributed by atoms with E-state index in [-0.39, 0.29) is 0 Å². The van der Waals surface area contributed by atoms with E-state index in [1.54, 1.807) is 14.0 Å². The van der Waals surface area contributed by atoms with E-state index in [1.165, 1.54) is 0 Å². The lowest BCUT2D eigenvalue weighted by Gasteiger charge is -2.12. The second kappa shape index (κ2) is 6.44. The summed E-state index contributed by atoms with van der Waals surface area (Å²) in [6.07, 6.45) is -0.457. The Kier molecular flexibility index (Phi) is 4.64. The molecule has 0 aliphatic heterocycles. The van der Waals surface area contributed by atoms with Crippen LogP contribution in [0.2, 0.25) is 0 Å². The van der Waals surface area contributed by atoms with Crippen molar-refractivity contribution in [2.75, 3.05) is 7.11 Å². The van der Waals surface area contributed by atoms with Crippen molar-refractivity contribution in [1.29, 1.82) is 0 Å². The highest BCUT2D eigenvalue weighted by atomic mass is 16.5. The molecule has 0 aliphatic rings. The fraction of sp³-hybridized carbons (Fsp3) is 0.294. The van der Waals surface area contributed by atoms with Gasteiger partial charge in [-0.1, -0.05) is 18.2 Å². The van der Waals surface area contributed by atoms with E-state index in [9.17, 15) is 5.11 Å². The van der Waals surface area contributed by atoms with Crippen LogP contribution in [0.5, 0.6) is 11.5 Å². The van der Waals surface area contributed by atoms with Crippen LogP contribution < -0.4 is 9.47 Å². The topological polar surface area (TPSA) is 38.7 Å². The predicted octanol–water partition coefficient (Wildman–Crippen LogP) is 3.64. The van der Waals surface area contributed by atoms with E-state index >= 15 is 0 Å². The largest absolute Gasteiger partial charge is 0.497 e. The lowest BCUT2D eigenvalue weighted by molar-refractivity contribution is 0.199. The van der Waals surface area contributed by atoms with Gasteiger partial charge in [0, 0.05) is 0 Å². The molecule has 0 bridgehead atoms. The molecular formula is C17H20O3. The monoisotopic (exact) mass is 272 g/mol. The molecule has 0 spiro atoms. The molecular weight excluding hydrogens is 252 g/mol. The molecule has 0 saturated carbocycles. The molecule has 3 heteroatoms. The summed E-state index contributed by atoms with van der Waals surface area (Å²) in [5.74, 6) is 1.66. The summed E-state index contributed by atoms with van der Waals surface area (Å²) in [4.78, 5) is 0. The SMILES string of the molecule is COc1cccc(COc2ccc([C@@H](C)O)cc2C)c1. The molecule has 0 unspecified atom stereocenters. The van der Waals surface area contributed by atoms with Crippen LogP contribution in [-0.4, -0.2) is 12.2 Å². The van der Waals surface area contributed by atoms with Crippen molar-refractivity contribution in [2.24, 2.45) is 0 Å². The van der Waals surface area contributed by atoms with Crippen molar-refractivity contribution in [3.8, 4) is 11.5 Å². The Morgan fingerprint density at radius 1 is 1.15 bits per heavy atom. The number of benzene rings is 2. The minimum Gasteiger partial charge on any atom is -0.497 e. The maximum absolute atomic E-state index is 9.55. The summed E-state index contributed by atoms with van der Waals surface area (Å²) in [7, 11) is 1.65. The Morgan fingerprint density at radius 3 is 2.60 bits per heavy atom. The lowest BCUT2D eigenvalue weighted by Crippen LogP contribution is -1.99. The van der Waals surface area contributed by atoms with Crippen molar-refractivity contribution in [1.82, 2.24) is 0 Å². The summed E-state index contributed by atoms with van der Waals surface area (Å²) >= 11 is 0. The fourth-order valence-electron chi connectivity index (χ4n) is 2.02. The average molecular weight is 272 g/mol. The molecule has 0 fully saturated rings. The van der Waals surface area contributed by atoms with Gasteiger partial charge < -0.3 is 14.6 Å². The zero-order valence-electron chi connectivity index (χ0n) is 12.1. The first-order chi connectivity index (χ1) is 9.60. The van der Waals surface area contributed by atoms with Crippen molar-refractivity contribution in [3.63, 3.8) is 0 Å². The predicted molar refractivity (Wildman–Crippen MR) is 79.1 cm³/mol. The zero-order chi connectivity index (χ0) is 14.5. The molecule has 1 N–H and O–H groups in total. The smallest absolute Gasteiger partial charge is 0.122 e. The second-order valence-corrected chi connectivity index (χ2v) is 4.84.